The van der Waals surface area contributed by atoms with E-state index >= 15 is 0 Å². The van der Waals surface area contributed by atoms with E-state index < -0.39 is 0 Å². The predicted molar refractivity (Wildman–Crippen MR) is 37.4 cm³/mol. The zero-order valence-electron chi connectivity index (χ0n) is 7.31. The summed E-state index contributed by atoms with van der Waals surface area (Å²) in [7, 11) is 0. The molecule has 1 nitrogen and oxygen atoms in total. The predicted octanol–water partition coefficient (Wildman–Crippen LogP) is -0.562. The fraction of sp³-hybridized carbons (Fsp3) is 1.00. The molecule has 0 amide bonds. The van der Waals surface area contributed by atoms with Crippen molar-refractivity contribution in [2.45, 2.75) is 18.8 Å². The van der Waals surface area contributed by atoms with Gasteiger partial charge in [-0.25, -0.2) is 0 Å². The number of aliphatic hydroxyl groups is 1. The van der Waals surface area contributed by atoms with Gasteiger partial charge in [0.25, 0.3) is 16.3 Å². The van der Waals surface area contributed by atoms with Crippen LogP contribution in [0.3, 0.4) is 0 Å². The van der Waals surface area contributed by atoms with Crippen LogP contribution in [-0.2, 0) is 0 Å². The summed E-state index contributed by atoms with van der Waals surface area (Å²) in [4.78, 5) is -0.00926. The van der Waals surface area contributed by atoms with E-state index in [1.165, 1.54) is 0 Å². The third kappa shape index (κ3) is 7.26. The van der Waals surface area contributed by atoms with E-state index in [4.69, 9.17) is 5.11 Å². The minimum Gasteiger partial charge on any atom is -1.00 e. The molecule has 3 heteroatoms. The van der Waals surface area contributed by atoms with Crippen LogP contribution >= 0.6 is 0 Å². The Morgan fingerprint density at radius 1 is 1.57 bits per heavy atom. The molecule has 0 aromatic carbocycles. The van der Waals surface area contributed by atoms with Crippen molar-refractivity contribution in [1.29, 1.82) is 0 Å². The topological polar surface area (TPSA) is 20.2 Å². The second-order valence-electron chi connectivity index (χ2n) is 1.98. The summed E-state index contributed by atoms with van der Waals surface area (Å²) >= 11 is 0.909. The molecule has 40 valence electrons. The van der Waals surface area contributed by atoms with Gasteiger partial charge in [0.2, 0.25) is 0 Å². The number of hydrogen-bond donors (Lipinski definition) is 1. The Morgan fingerprint density at radius 2 is 1.71 bits per heavy atom. The van der Waals surface area contributed by atoms with Gasteiger partial charge < -0.3 is 7.96 Å². The van der Waals surface area contributed by atoms with E-state index in [9.17, 15) is 0 Å². The van der Waals surface area contributed by atoms with Gasteiger partial charge in [-0.2, -0.15) is 0 Å². The smallest absolute Gasteiger partial charge is 1.00 e. The second kappa shape index (κ2) is 5.40. The van der Waals surface area contributed by atoms with Crippen molar-refractivity contribution in [2.24, 2.45) is 5.92 Å². The van der Waals surface area contributed by atoms with Crippen LogP contribution < -0.4 is 0 Å². The number of hydrogen-bond acceptors (Lipinski definition) is 1. The van der Waals surface area contributed by atoms with Crippen LogP contribution in [0.2, 0.25) is 0 Å². The Labute approximate surface area is 72.0 Å². The van der Waals surface area contributed by atoms with Crippen LogP contribution in [0.15, 0.2) is 0 Å². The van der Waals surface area contributed by atoms with Gasteiger partial charge in [0.05, 0.1) is 0 Å². The SMILES string of the molecule is CC(C)[CH](O)[AlH2].[H-].[H-].[Mg+2]. The van der Waals surface area contributed by atoms with Crippen LogP contribution in [0, 0.1) is 5.92 Å². The van der Waals surface area contributed by atoms with Crippen molar-refractivity contribution in [1.82, 2.24) is 0 Å². The van der Waals surface area contributed by atoms with Gasteiger partial charge in [0.1, 0.15) is 0 Å². The van der Waals surface area contributed by atoms with E-state index in [0.29, 0.717) is 5.92 Å². The fourth-order valence-corrected chi connectivity index (χ4v) is 0. The molecule has 0 rings (SSSR count). The quantitative estimate of drug-likeness (QED) is 0.470. The Bertz CT molecular complexity index is 39.5. The van der Waals surface area contributed by atoms with Gasteiger partial charge in [-0.1, -0.05) is 13.8 Å². The molecule has 0 radical (unpaired) electrons. The largest absolute Gasteiger partial charge is 2.00 e. The zero-order chi connectivity index (χ0) is 5.15. The molecule has 0 aliphatic carbocycles. The third-order valence-corrected chi connectivity index (χ3v) is 2.30. The fourth-order valence-electron chi connectivity index (χ4n) is 0. The summed E-state index contributed by atoms with van der Waals surface area (Å²) in [6.45, 7) is 4.05. The molecular weight excluding hydrogens is 115 g/mol. The molecule has 0 aromatic heterocycles. The van der Waals surface area contributed by atoms with Crippen molar-refractivity contribution in [3.63, 3.8) is 0 Å². The van der Waals surface area contributed by atoms with Crippen LogP contribution in [0.1, 0.15) is 16.7 Å². The summed E-state index contributed by atoms with van der Waals surface area (Å²) in [5.74, 6) is 0.469. The van der Waals surface area contributed by atoms with Crippen molar-refractivity contribution in [2.75, 3.05) is 0 Å². The molecule has 0 bridgehead atoms. The van der Waals surface area contributed by atoms with Gasteiger partial charge in [-0.05, 0) is 10.9 Å². The van der Waals surface area contributed by atoms with E-state index in [1.807, 2.05) is 13.8 Å². The summed E-state index contributed by atoms with van der Waals surface area (Å²) < 4.78 is 0. The molecule has 0 fully saturated rings. The average molecular weight is 128 g/mol. The van der Waals surface area contributed by atoms with Gasteiger partial charge in [0.15, 0.2) is 0 Å². The maximum Gasteiger partial charge on any atom is 2.00 e. The molecule has 0 aliphatic rings. The van der Waals surface area contributed by atoms with Gasteiger partial charge in [-0.3, -0.25) is 0 Å². The monoisotopic (exact) mass is 128 g/mol. The van der Waals surface area contributed by atoms with Crippen molar-refractivity contribution >= 4 is 39.3 Å². The minimum absolute atomic E-state index is 0. The third-order valence-electron chi connectivity index (χ3n) is 0.965. The van der Waals surface area contributed by atoms with Crippen LogP contribution in [0.5, 0.6) is 0 Å². The van der Waals surface area contributed by atoms with E-state index in [0.717, 1.165) is 16.3 Å². The minimum atomic E-state index is -0.00926. The molecule has 0 saturated heterocycles. The number of rotatable bonds is 1. The molecule has 0 aliphatic heterocycles. The van der Waals surface area contributed by atoms with E-state index in [2.05, 4.69) is 0 Å². The van der Waals surface area contributed by atoms with Crippen molar-refractivity contribution in [3.8, 4) is 0 Å². The molecule has 0 heterocycles. The van der Waals surface area contributed by atoms with Gasteiger partial charge >= 0.3 is 23.1 Å². The first-order valence-electron chi connectivity index (χ1n) is 2.32. The molecule has 0 saturated carbocycles. The van der Waals surface area contributed by atoms with Crippen LogP contribution in [-0.4, -0.2) is 49.4 Å². The Kier molecular flexibility index (Phi) is 8.56. The van der Waals surface area contributed by atoms with Crippen molar-refractivity contribution < 1.29 is 7.96 Å². The Hall–Kier alpha value is 1.26. The molecule has 0 aromatic rings. The maximum absolute atomic E-state index is 8.69. The summed E-state index contributed by atoms with van der Waals surface area (Å²) in [6, 6.07) is 0. The maximum atomic E-state index is 8.69. The van der Waals surface area contributed by atoms with Gasteiger partial charge in [0, 0.05) is 0 Å². The van der Waals surface area contributed by atoms with Gasteiger partial charge in [-0.15, -0.1) is 0 Å². The Balaban J connectivity index is -0.0000000417. The zero-order valence-corrected chi connectivity index (χ0v) is 8.72. The van der Waals surface area contributed by atoms with Crippen molar-refractivity contribution in [3.05, 3.63) is 0 Å². The first-order chi connectivity index (χ1) is 2.64. The van der Waals surface area contributed by atoms with E-state index in [-0.39, 0.29) is 30.9 Å². The Morgan fingerprint density at radius 3 is 1.71 bits per heavy atom. The second-order valence-corrected chi connectivity index (χ2v) is 3.17. The molecule has 0 spiro atoms. The average Bonchev–Trinajstić information content (AvgIpc) is 1.36. The summed E-state index contributed by atoms with van der Waals surface area (Å²) in [5.41, 5.74) is 0. The standard InChI is InChI=1S/C4H9O.Al.Mg.4H/c1-4(2)3-5;;;;;;/h3-5H,1-2H3;;;;;;/q;;+2;;;2*-1. The van der Waals surface area contributed by atoms with Crippen LogP contribution in [0.25, 0.3) is 0 Å². The molecular formula is C4H13AlMgO. The summed E-state index contributed by atoms with van der Waals surface area (Å²) in [6.07, 6.45) is 0. The molecule has 1 unspecified atom stereocenters. The number of aliphatic hydroxyl groups excluding tert-OH is 1. The molecule has 1 atom stereocenters. The molecule has 1 N–H and O–H groups in total. The first-order valence-corrected chi connectivity index (χ1v) is 3.48. The normalized spacial score (nSPS) is 13.1. The van der Waals surface area contributed by atoms with E-state index in [1.54, 1.807) is 0 Å². The summed E-state index contributed by atoms with van der Waals surface area (Å²) in [5, 5.41) is 8.69. The van der Waals surface area contributed by atoms with Crippen LogP contribution in [0.4, 0.5) is 0 Å². The first kappa shape index (κ1) is 11.1. The molecule has 7 heavy (non-hydrogen) atoms.